The SMILES string of the molecule is CC1CN(C(C)c2ccc3ccccc3c2O)CC1N. The molecule has 0 saturated carbocycles. The fourth-order valence-electron chi connectivity index (χ4n) is 3.15. The van der Waals surface area contributed by atoms with Gasteiger partial charge in [-0.25, -0.2) is 0 Å². The summed E-state index contributed by atoms with van der Waals surface area (Å²) in [7, 11) is 0. The van der Waals surface area contributed by atoms with Gasteiger partial charge in [0.25, 0.3) is 0 Å². The molecule has 1 aliphatic rings. The number of phenols is 1. The van der Waals surface area contributed by atoms with Gasteiger partial charge in [-0.05, 0) is 18.2 Å². The molecule has 3 N–H and O–H groups in total. The number of aromatic hydroxyl groups is 1. The molecule has 2 aromatic rings. The fraction of sp³-hybridized carbons (Fsp3) is 0.412. The second-order valence-corrected chi connectivity index (χ2v) is 6.00. The molecule has 1 heterocycles. The van der Waals surface area contributed by atoms with E-state index in [1.165, 1.54) is 0 Å². The van der Waals surface area contributed by atoms with Crippen molar-refractivity contribution in [3.8, 4) is 5.75 Å². The minimum atomic E-state index is 0.190. The summed E-state index contributed by atoms with van der Waals surface area (Å²) in [5, 5.41) is 12.6. The quantitative estimate of drug-likeness (QED) is 0.882. The first kappa shape index (κ1) is 13.4. The van der Waals surface area contributed by atoms with Crippen molar-refractivity contribution in [2.45, 2.75) is 25.9 Å². The average molecular weight is 270 g/mol. The van der Waals surface area contributed by atoms with Crippen LogP contribution in [0.2, 0.25) is 0 Å². The van der Waals surface area contributed by atoms with Gasteiger partial charge in [0.05, 0.1) is 0 Å². The van der Waals surface area contributed by atoms with E-state index in [9.17, 15) is 5.11 Å². The van der Waals surface area contributed by atoms with Crippen LogP contribution >= 0.6 is 0 Å². The Morgan fingerprint density at radius 2 is 1.95 bits per heavy atom. The summed E-state index contributed by atoms with van der Waals surface area (Å²) in [4.78, 5) is 2.36. The van der Waals surface area contributed by atoms with Gasteiger partial charge in [0, 0.05) is 36.1 Å². The van der Waals surface area contributed by atoms with Crippen LogP contribution in [0.4, 0.5) is 0 Å². The van der Waals surface area contributed by atoms with Crippen molar-refractivity contribution >= 4 is 10.8 Å². The number of rotatable bonds is 2. The third-order valence-electron chi connectivity index (χ3n) is 4.63. The van der Waals surface area contributed by atoms with Crippen molar-refractivity contribution in [1.29, 1.82) is 0 Å². The fourth-order valence-corrected chi connectivity index (χ4v) is 3.15. The zero-order valence-electron chi connectivity index (χ0n) is 12.1. The van der Waals surface area contributed by atoms with Crippen molar-refractivity contribution in [3.63, 3.8) is 0 Å². The molecule has 0 aliphatic carbocycles. The molecule has 0 spiro atoms. The van der Waals surface area contributed by atoms with E-state index in [-0.39, 0.29) is 12.1 Å². The summed E-state index contributed by atoms with van der Waals surface area (Å²) in [6.45, 7) is 6.23. The van der Waals surface area contributed by atoms with Crippen molar-refractivity contribution in [3.05, 3.63) is 42.0 Å². The molecule has 0 amide bonds. The Morgan fingerprint density at radius 1 is 1.20 bits per heavy atom. The summed E-state index contributed by atoms with van der Waals surface area (Å²) < 4.78 is 0. The highest BCUT2D eigenvalue weighted by molar-refractivity contribution is 5.89. The normalized spacial score (nSPS) is 25.1. The number of benzene rings is 2. The predicted molar refractivity (Wildman–Crippen MR) is 82.7 cm³/mol. The van der Waals surface area contributed by atoms with E-state index in [1.54, 1.807) is 0 Å². The zero-order valence-corrected chi connectivity index (χ0v) is 12.1. The smallest absolute Gasteiger partial charge is 0.128 e. The summed E-state index contributed by atoms with van der Waals surface area (Å²) in [6.07, 6.45) is 0. The summed E-state index contributed by atoms with van der Waals surface area (Å²) in [6, 6.07) is 12.5. The number of hydrogen-bond acceptors (Lipinski definition) is 3. The van der Waals surface area contributed by atoms with Gasteiger partial charge in [0.15, 0.2) is 0 Å². The van der Waals surface area contributed by atoms with Gasteiger partial charge in [-0.15, -0.1) is 0 Å². The van der Waals surface area contributed by atoms with Gasteiger partial charge >= 0.3 is 0 Å². The molecule has 1 saturated heterocycles. The topological polar surface area (TPSA) is 49.5 Å². The van der Waals surface area contributed by atoms with Gasteiger partial charge in [-0.2, -0.15) is 0 Å². The Bertz CT molecular complexity index is 615. The largest absolute Gasteiger partial charge is 0.507 e. The Hall–Kier alpha value is -1.58. The molecule has 3 nitrogen and oxygen atoms in total. The standard InChI is InChI=1S/C17H22N2O/c1-11-9-19(10-16(11)18)12(2)14-8-7-13-5-3-4-6-15(13)17(14)20/h3-8,11-12,16,20H,9-10,18H2,1-2H3. The molecule has 0 aromatic heterocycles. The molecule has 20 heavy (non-hydrogen) atoms. The Balaban J connectivity index is 1.96. The van der Waals surface area contributed by atoms with Gasteiger partial charge in [-0.1, -0.05) is 43.3 Å². The Kier molecular flexibility index (Phi) is 3.40. The van der Waals surface area contributed by atoms with Crippen LogP contribution < -0.4 is 5.73 Å². The average Bonchev–Trinajstić information content (AvgIpc) is 2.79. The molecule has 0 radical (unpaired) electrons. The van der Waals surface area contributed by atoms with E-state index < -0.39 is 0 Å². The first-order chi connectivity index (χ1) is 9.58. The summed E-state index contributed by atoms with van der Waals surface area (Å²) in [5.41, 5.74) is 7.10. The monoisotopic (exact) mass is 270 g/mol. The van der Waals surface area contributed by atoms with E-state index in [0.717, 1.165) is 29.4 Å². The predicted octanol–water partition coefficient (Wildman–Crippen LogP) is 2.89. The van der Waals surface area contributed by atoms with Crippen LogP contribution in [0.15, 0.2) is 36.4 Å². The first-order valence-electron chi connectivity index (χ1n) is 7.28. The lowest BCUT2D eigenvalue weighted by Gasteiger charge is -2.25. The molecule has 1 fully saturated rings. The minimum absolute atomic E-state index is 0.190. The molecule has 3 rings (SSSR count). The Labute approximate surface area is 120 Å². The number of nitrogens with two attached hydrogens (primary N) is 1. The van der Waals surface area contributed by atoms with E-state index in [0.29, 0.717) is 11.7 Å². The number of phenolic OH excluding ortho intramolecular Hbond substituents is 1. The molecule has 2 aromatic carbocycles. The highest BCUT2D eigenvalue weighted by atomic mass is 16.3. The van der Waals surface area contributed by atoms with E-state index in [2.05, 4.69) is 24.8 Å². The van der Waals surface area contributed by atoms with Gasteiger partial charge < -0.3 is 10.8 Å². The third-order valence-corrected chi connectivity index (χ3v) is 4.63. The molecule has 3 atom stereocenters. The van der Waals surface area contributed by atoms with Crippen molar-refractivity contribution in [1.82, 2.24) is 4.90 Å². The molecule has 106 valence electrons. The summed E-state index contributed by atoms with van der Waals surface area (Å²) in [5.74, 6) is 0.920. The molecule has 3 unspecified atom stereocenters. The van der Waals surface area contributed by atoms with Gasteiger partial charge in [-0.3, -0.25) is 4.90 Å². The minimum Gasteiger partial charge on any atom is -0.507 e. The third kappa shape index (κ3) is 2.17. The Morgan fingerprint density at radius 3 is 2.65 bits per heavy atom. The maximum absolute atomic E-state index is 10.6. The molecule has 3 heteroatoms. The van der Waals surface area contributed by atoms with Crippen LogP contribution in [0, 0.1) is 5.92 Å². The van der Waals surface area contributed by atoms with Crippen molar-refractivity contribution in [2.75, 3.05) is 13.1 Å². The number of fused-ring (bicyclic) bond motifs is 1. The van der Waals surface area contributed by atoms with Gasteiger partial charge in [0.1, 0.15) is 5.75 Å². The molecule has 0 bridgehead atoms. The maximum atomic E-state index is 10.6. The van der Waals surface area contributed by atoms with Crippen LogP contribution in [0.1, 0.15) is 25.5 Å². The second kappa shape index (κ2) is 5.08. The van der Waals surface area contributed by atoms with Crippen LogP contribution in [-0.2, 0) is 0 Å². The van der Waals surface area contributed by atoms with E-state index >= 15 is 0 Å². The number of likely N-dealkylation sites (tertiary alicyclic amines) is 1. The number of nitrogens with zero attached hydrogens (tertiary/aromatic N) is 1. The molecular formula is C17H22N2O. The maximum Gasteiger partial charge on any atom is 0.128 e. The van der Waals surface area contributed by atoms with Crippen LogP contribution in [0.3, 0.4) is 0 Å². The lowest BCUT2D eigenvalue weighted by molar-refractivity contribution is 0.249. The zero-order chi connectivity index (χ0) is 14.3. The van der Waals surface area contributed by atoms with Crippen molar-refractivity contribution in [2.24, 2.45) is 11.7 Å². The molecular weight excluding hydrogens is 248 g/mol. The van der Waals surface area contributed by atoms with Crippen LogP contribution in [-0.4, -0.2) is 29.1 Å². The second-order valence-electron chi connectivity index (χ2n) is 6.00. The number of hydrogen-bond donors (Lipinski definition) is 2. The highest BCUT2D eigenvalue weighted by Gasteiger charge is 2.31. The highest BCUT2D eigenvalue weighted by Crippen LogP contribution is 2.36. The van der Waals surface area contributed by atoms with Crippen LogP contribution in [0.25, 0.3) is 10.8 Å². The van der Waals surface area contributed by atoms with Crippen molar-refractivity contribution < 1.29 is 5.11 Å². The molecule has 1 aliphatic heterocycles. The van der Waals surface area contributed by atoms with E-state index in [4.69, 9.17) is 5.73 Å². The van der Waals surface area contributed by atoms with Gasteiger partial charge in [0.2, 0.25) is 0 Å². The first-order valence-corrected chi connectivity index (χ1v) is 7.28. The van der Waals surface area contributed by atoms with E-state index in [1.807, 2.05) is 30.3 Å². The lowest BCUT2D eigenvalue weighted by atomic mass is 10.0. The lowest BCUT2D eigenvalue weighted by Crippen LogP contribution is -2.29. The van der Waals surface area contributed by atoms with Crippen LogP contribution in [0.5, 0.6) is 5.75 Å². The summed E-state index contributed by atoms with van der Waals surface area (Å²) >= 11 is 0.